The Bertz CT molecular complexity index is 598. The molecule has 0 radical (unpaired) electrons. The number of carbonyl (C=O) groups excluding carboxylic acids is 3. The van der Waals surface area contributed by atoms with Crippen molar-refractivity contribution < 1.29 is 23.9 Å². The van der Waals surface area contributed by atoms with Crippen LogP contribution in [0.2, 0.25) is 0 Å². The Morgan fingerprint density at radius 1 is 1.24 bits per heavy atom. The largest absolute Gasteiger partial charge is 0.497 e. The van der Waals surface area contributed by atoms with Crippen LogP contribution in [0.5, 0.6) is 5.75 Å². The Morgan fingerprint density at radius 3 is 2.48 bits per heavy atom. The van der Waals surface area contributed by atoms with Crippen molar-refractivity contribution in [2.45, 2.75) is 25.8 Å². The average Bonchev–Trinajstić information content (AvgIpc) is 2.61. The first kappa shape index (κ1) is 20.2. The van der Waals surface area contributed by atoms with Crippen molar-refractivity contribution in [2.75, 3.05) is 20.3 Å². The highest BCUT2D eigenvalue weighted by atomic mass is 16.5. The molecule has 0 aliphatic rings. The van der Waals surface area contributed by atoms with E-state index in [9.17, 15) is 14.4 Å². The van der Waals surface area contributed by atoms with Crippen LogP contribution in [0.25, 0.3) is 0 Å². The first-order valence-electron chi connectivity index (χ1n) is 7.99. The van der Waals surface area contributed by atoms with Crippen LogP contribution in [-0.4, -0.2) is 44.1 Å². The predicted octanol–water partition coefficient (Wildman–Crippen LogP) is 0.978. The minimum absolute atomic E-state index is 0.0737. The molecule has 0 aliphatic carbocycles. The number of nitrogens with one attached hydrogen (secondary N) is 2. The maximum Gasteiger partial charge on any atom is 0.307 e. The number of amides is 2. The second-order valence-corrected chi connectivity index (χ2v) is 5.16. The Morgan fingerprint density at radius 2 is 1.92 bits per heavy atom. The topological polar surface area (TPSA) is 93.7 Å². The molecule has 0 heterocycles. The molecule has 0 aliphatic heterocycles. The maximum absolute atomic E-state index is 12.3. The zero-order chi connectivity index (χ0) is 18.7. The summed E-state index contributed by atoms with van der Waals surface area (Å²) in [5, 5.41) is 5.22. The molecule has 1 aromatic rings. The summed E-state index contributed by atoms with van der Waals surface area (Å²) in [6.45, 7) is 5.54. The predicted molar refractivity (Wildman–Crippen MR) is 93.1 cm³/mol. The van der Waals surface area contributed by atoms with Gasteiger partial charge in [0.25, 0.3) is 0 Å². The summed E-state index contributed by atoms with van der Waals surface area (Å²) in [6, 6.07) is 6.41. The molecule has 0 spiro atoms. The average molecular weight is 348 g/mol. The standard InChI is InChI=1S/C18H24N2O5/c1-4-16(21)20-15(12-13-6-8-14(24-3)9-7-13)18(23)19-11-10-17(22)25-5-2/h4,6-9,15H,1,5,10-12H2,2-3H3,(H,19,23)(H,20,21)/t15-/m1/s1. The third-order valence-corrected chi connectivity index (χ3v) is 3.35. The van der Waals surface area contributed by atoms with Gasteiger partial charge in [-0.2, -0.15) is 0 Å². The molecule has 7 nitrogen and oxygen atoms in total. The third kappa shape index (κ3) is 7.52. The van der Waals surface area contributed by atoms with Crippen LogP contribution in [0.15, 0.2) is 36.9 Å². The number of carbonyl (C=O) groups is 3. The first-order chi connectivity index (χ1) is 12.0. The van der Waals surface area contributed by atoms with Crippen molar-refractivity contribution in [3.05, 3.63) is 42.5 Å². The van der Waals surface area contributed by atoms with Crippen LogP contribution < -0.4 is 15.4 Å². The van der Waals surface area contributed by atoms with E-state index in [-0.39, 0.29) is 24.8 Å². The van der Waals surface area contributed by atoms with Crippen LogP contribution in [-0.2, 0) is 25.5 Å². The lowest BCUT2D eigenvalue weighted by atomic mass is 10.0. The lowest BCUT2D eigenvalue weighted by Crippen LogP contribution is -2.48. The lowest BCUT2D eigenvalue weighted by Gasteiger charge is -2.18. The van der Waals surface area contributed by atoms with E-state index in [1.807, 2.05) is 12.1 Å². The summed E-state index contributed by atoms with van der Waals surface area (Å²) in [7, 11) is 1.57. The molecule has 0 bridgehead atoms. The number of ether oxygens (including phenoxy) is 2. The summed E-state index contributed by atoms with van der Waals surface area (Å²) in [6.07, 6.45) is 1.48. The van der Waals surface area contributed by atoms with Crippen molar-refractivity contribution in [3.63, 3.8) is 0 Å². The Balaban J connectivity index is 2.67. The quantitative estimate of drug-likeness (QED) is 0.486. The minimum atomic E-state index is -0.777. The highest BCUT2D eigenvalue weighted by Gasteiger charge is 2.20. The van der Waals surface area contributed by atoms with Crippen molar-refractivity contribution in [3.8, 4) is 5.75 Å². The normalized spacial score (nSPS) is 11.1. The third-order valence-electron chi connectivity index (χ3n) is 3.35. The van der Waals surface area contributed by atoms with Crippen LogP contribution >= 0.6 is 0 Å². The Labute approximate surface area is 147 Å². The zero-order valence-corrected chi connectivity index (χ0v) is 14.5. The van der Waals surface area contributed by atoms with E-state index in [0.29, 0.717) is 18.8 Å². The molecule has 1 atom stereocenters. The maximum atomic E-state index is 12.3. The molecule has 2 N–H and O–H groups in total. The molecule has 0 saturated heterocycles. The summed E-state index contributed by atoms with van der Waals surface area (Å²) in [5.41, 5.74) is 0.857. The van der Waals surface area contributed by atoms with Gasteiger partial charge in [0.05, 0.1) is 20.1 Å². The number of hydrogen-bond acceptors (Lipinski definition) is 5. The number of esters is 1. The number of methoxy groups -OCH3 is 1. The van der Waals surface area contributed by atoms with Crippen LogP contribution in [0.4, 0.5) is 0 Å². The van der Waals surface area contributed by atoms with Gasteiger partial charge < -0.3 is 20.1 Å². The smallest absolute Gasteiger partial charge is 0.307 e. The van der Waals surface area contributed by atoms with E-state index >= 15 is 0 Å². The fourth-order valence-electron chi connectivity index (χ4n) is 2.08. The van der Waals surface area contributed by atoms with E-state index in [4.69, 9.17) is 9.47 Å². The summed E-state index contributed by atoms with van der Waals surface area (Å²) >= 11 is 0. The lowest BCUT2D eigenvalue weighted by molar-refractivity contribution is -0.143. The van der Waals surface area contributed by atoms with Gasteiger partial charge in [0.1, 0.15) is 11.8 Å². The van der Waals surface area contributed by atoms with Crippen LogP contribution in [0.3, 0.4) is 0 Å². The van der Waals surface area contributed by atoms with Gasteiger partial charge in [-0.3, -0.25) is 14.4 Å². The van der Waals surface area contributed by atoms with Gasteiger partial charge >= 0.3 is 5.97 Å². The second kappa shape index (κ2) is 10.9. The molecular formula is C18H24N2O5. The minimum Gasteiger partial charge on any atom is -0.497 e. The number of rotatable bonds is 10. The molecule has 0 unspecified atom stereocenters. The van der Waals surface area contributed by atoms with Crippen molar-refractivity contribution in [2.24, 2.45) is 0 Å². The van der Waals surface area contributed by atoms with Gasteiger partial charge in [-0.1, -0.05) is 18.7 Å². The van der Waals surface area contributed by atoms with E-state index in [2.05, 4.69) is 17.2 Å². The molecule has 2 amide bonds. The number of benzene rings is 1. The molecule has 0 aromatic heterocycles. The van der Waals surface area contributed by atoms with Crippen LogP contribution in [0, 0.1) is 0 Å². The molecular weight excluding hydrogens is 324 g/mol. The molecule has 25 heavy (non-hydrogen) atoms. The summed E-state index contributed by atoms with van der Waals surface area (Å²) < 4.78 is 9.89. The van der Waals surface area contributed by atoms with Crippen molar-refractivity contribution in [1.29, 1.82) is 0 Å². The fourth-order valence-corrected chi connectivity index (χ4v) is 2.08. The molecule has 1 aromatic carbocycles. The van der Waals surface area contributed by atoms with Gasteiger partial charge in [-0.05, 0) is 30.7 Å². The van der Waals surface area contributed by atoms with E-state index in [1.54, 1.807) is 26.2 Å². The second-order valence-electron chi connectivity index (χ2n) is 5.16. The molecule has 7 heteroatoms. The SMILES string of the molecule is C=CC(=O)N[C@H](Cc1ccc(OC)cc1)C(=O)NCCC(=O)OCC. The molecule has 1 rings (SSSR count). The number of hydrogen-bond donors (Lipinski definition) is 2. The molecule has 136 valence electrons. The van der Waals surface area contributed by atoms with Gasteiger partial charge in [-0.15, -0.1) is 0 Å². The van der Waals surface area contributed by atoms with Crippen molar-refractivity contribution >= 4 is 17.8 Å². The molecule has 0 fully saturated rings. The van der Waals surface area contributed by atoms with Crippen LogP contribution in [0.1, 0.15) is 18.9 Å². The van der Waals surface area contributed by atoms with Gasteiger partial charge in [0.15, 0.2) is 0 Å². The monoisotopic (exact) mass is 348 g/mol. The molecule has 0 saturated carbocycles. The fraction of sp³-hybridized carbons (Fsp3) is 0.389. The zero-order valence-electron chi connectivity index (χ0n) is 14.5. The van der Waals surface area contributed by atoms with Gasteiger partial charge in [0.2, 0.25) is 11.8 Å². The Hall–Kier alpha value is -2.83. The van der Waals surface area contributed by atoms with E-state index < -0.39 is 11.9 Å². The Kier molecular flexibility index (Phi) is 8.78. The van der Waals surface area contributed by atoms with Gasteiger partial charge in [-0.25, -0.2) is 0 Å². The van der Waals surface area contributed by atoms with Gasteiger partial charge in [0, 0.05) is 13.0 Å². The van der Waals surface area contributed by atoms with E-state index in [1.165, 1.54) is 0 Å². The summed E-state index contributed by atoms with van der Waals surface area (Å²) in [4.78, 5) is 35.2. The summed E-state index contributed by atoms with van der Waals surface area (Å²) in [5.74, 6) is -0.506. The highest BCUT2D eigenvalue weighted by molar-refractivity contribution is 5.92. The van der Waals surface area contributed by atoms with Crippen molar-refractivity contribution in [1.82, 2.24) is 10.6 Å². The van der Waals surface area contributed by atoms with E-state index in [0.717, 1.165) is 11.6 Å². The highest BCUT2D eigenvalue weighted by Crippen LogP contribution is 2.13. The first-order valence-corrected chi connectivity index (χ1v) is 7.99.